The van der Waals surface area contributed by atoms with Gasteiger partial charge < -0.3 is 0 Å². The zero-order valence-electron chi connectivity index (χ0n) is 7.40. The summed E-state index contributed by atoms with van der Waals surface area (Å²) in [5.41, 5.74) is 1.28. The van der Waals surface area contributed by atoms with Crippen molar-refractivity contribution in [3.63, 3.8) is 0 Å². The Hall–Kier alpha value is -1.37. The molecule has 0 unspecified atom stereocenters. The molecule has 0 N–H and O–H groups in total. The number of aromatic nitrogens is 1. The topological polar surface area (TPSA) is 12.9 Å². The first-order chi connectivity index (χ1) is 6.43. The van der Waals surface area contributed by atoms with Crippen molar-refractivity contribution in [2.24, 2.45) is 0 Å². The molecule has 0 aliphatic heterocycles. The molecule has 3 rings (SSSR count). The fraction of sp³-hybridized carbons (Fsp3) is 0.250. The molecule has 0 amide bonds. The predicted molar refractivity (Wildman–Crippen MR) is 53.7 cm³/mol. The van der Waals surface area contributed by atoms with E-state index in [1.165, 1.54) is 29.3 Å². The second-order valence-electron chi connectivity index (χ2n) is 3.73. The fourth-order valence-electron chi connectivity index (χ4n) is 1.70. The van der Waals surface area contributed by atoms with E-state index in [0.29, 0.717) is 0 Å². The molecule has 0 bridgehead atoms. The van der Waals surface area contributed by atoms with E-state index in [9.17, 15) is 0 Å². The van der Waals surface area contributed by atoms with E-state index in [0.717, 1.165) is 5.92 Å². The first kappa shape index (κ1) is 7.07. The molecular formula is C12H11N. The molecule has 1 saturated carbocycles. The van der Waals surface area contributed by atoms with E-state index < -0.39 is 0 Å². The van der Waals surface area contributed by atoms with Crippen LogP contribution < -0.4 is 0 Å². The number of hydrogen-bond acceptors (Lipinski definition) is 1. The largest absolute Gasteiger partial charge is 0.260 e. The van der Waals surface area contributed by atoms with Crippen molar-refractivity contribution in [2.45, 2.75) is 18.8 Å². The van der Waals surface area contributed by atoms with Crippen LogP contribution in [0, 0.1) is 0 Å². The molecule has 2 aromatic rings. The molecule has 1 aromatic carbocycles. The van der Waals surface area contributed by atoms with Gasteiger partial charge in [0.15, 0.2) is 0 Å². The third-order valence-corrected chi connectivity index (χ3v) is 2.65. The monoisotopic (exact) mass is 169 g/mol. The maximum absolute atomic E-state index is 4.47. The van der Waals surface area contributed by atoms with E-state index in [1.807, 2.05) is 6.20 Å². The Morgan fingerprint density at radius 2 is 1.85 bits per heavy atom. The molecule has 0 radical (unpaired) electrons. The molecule has 1 aromatic heterocycles. The SMILES string of the molecule is c1ccc2cc(C3CC3)ncc2c1. The van der Waals surface area contributed by atoms with Crippen LogP contribution in [0.5, 0.6) is 0 Å². The third-order valence-electron chi connectivity index (χ3n) is 2.65. The van der Waals surface area contributed by atoms with Gasteiger partial charge in [0.1, 0.15) is 0 Å². The highest BCUT2D eigenvalue weighted by Gasteiger charge is 2.24. The van der Waals surface area contributed by atoms with Crippen LogP contribution in [0.4, 0.5) is 0 Å². The molecule has 1 heterocycles. The zero-order valence-corrected chi connectivity index (χ0v) is 7.40. The summed E-state index contributed by atoms with van der Waals surface area (Å²) < 4.78 is 0. The highest BCUT2D eigenvalue weighted by atomic mass is 14.7. The first-order valence-electron chi connectivity index (χ1n) is 4.78. The maximum atomic E-state index is 4.47. The molecular weight excluding hydrogens is 158 g/mol. The molecule has 1 aliphatic rings. The van der Waals surface area contributed by atoms with Crippen molar-refractivity contribution in [1.82, 2.24) is 4.98 Å². The quantitative estimate of drug-likeness (QED) is 0.639. The second-order valence-corrected chi connectivity index (χ2v) is 3.73. The lowest BCUT2D eigenvalue weighted by molar-refractivity contribution is 1.03. The Labute approximate surface area is 77.4 Å². The molecule has 1 nitrogen and oxygen atoms in total. The minimum Gasteiger partial charge on any atom is -0.260 e. The second kappa shape index (κ2) is 2.56. The summed E-state index contributed by atoms with van der Waals surface area (Å²) in [7, 11) is 0. The molecule has 64 valence electrons. The molecule has 0 saturated heterocycles. The Bertz CT molecular complexity index is 444. The number of pyridine rings is 1. The van der Waals surface area contributed by atoms with Crippen molar-refractivity contribution in [3.05, 3.63) is 42.2 Å². The minimum absolute atomic E-state index is 0.754. The molecule has 13 heavy (non-hydrogen) atoms. The highest BCUT2D eigenvalue weighted by molar-refractivity contribution is 5.81. The number of rotatable bonds is 1. The Morgan fingerprint density at radius 1 is 1.08 bits per heavy atom. The van der Waals surface area contributed by atoms with Gasteiger partial charge in [-0.3, -0.25) is 4.98 Å². The molecule has 0 atom stereocenters. The lowest BCUT2D eigenvalue weighted by Crippen LogP contribution is -1.85. The zero-order chi connectivity index (χ0) is 8.67. The van der Waals surface area contributed by atoms with Crippen molar-refractivity contribution in [1.29, 1.82) is 0 Å². The standard InChI is InChI=1S/C12H11N/c1-2-4-11-8-13-12(9-5-6-9)7-10(11)3-1/h1-4,7-9H,5-6H2. The Morgan fingerprint density at radius 3 is 2.62 bits per heavy atom. The van der Waals surface area contributed by atoms with E-state index in [-0.39, 0.29) is 0 Å². The van der Waals surface area contributed by atoms with Gasteiger partial charge in [-0.05, 0) is 24.3 Å². The summed E-state index contributed by atoms with van der Waals surface area (Å²) in [6.07, 6.45) is 4.64. The van der Waals surface area contributed by atoms with Crippen LogP contribution in [0.1, 0.15) is 24.5 Å². The Balaban J connectivity index is 2.21. The fourth-order valence-corrected chi connectivity index (χ4v) is 1.70. The smallest absolute Gasteiger partial charge is 0.0440 e. The van der Waals surface area contributed by atoms with E-state index in [4.69, 9.17) is 0 Å². The van der Waals surface area contributed by atoms with Crippen LogP contribution in [0.25, 0.3) is 10.8 Å². The summed E-state index contributed by atoms with van der Waals surface area (Å²) in [5, 5.41) is 2.56. The van der Waals surface area contributed by atoms with Gasteiger partial charge in [-0.2, -0.15) is 0 Å². The number of hydrogen-bond donors (Lipinski definition) is 0. The van der Waals surface area contributed by atoms with Gasteiger partial charge in [0.25, 0.3) is 0 Å². The summed E-state index contributed by atoms with van der Waals surface area (Å²) in [6, 6.07) is 10.6. The van der Waals surface area contributed by atoms with Crippen LogP contribution in [-0.2, 0) is 0 Å². The van der Waals surface area contributed by atoms with Crippen molar-refractivity contribution < 1.29 is 0 Å². The summed E-state index contributed by atoms with van der Waals surface area (Å²) in [5.74, 6) is 0.754. The summed E-state index contributed by atoms with van der Waals surface area (Å²) in [4.78, 5) is 4.47. The van der Waals surface area contributed by atoms with E-state index >= 15 is 0 Å². The number of fused-ring (bicyclic) bond motifs is 1. The average Bonchev–Trinajstić information content (AvgIpc) is 3.00. The normalized spacial score (nSPS) is 16.3. The molecule has 1 aliphatic carbocycles. The summed E-state index contributed by atoms with van der Waals surface area (Å²) in [6.45, 7) is 0. The average molecular weight is 169 g/mol. The Kier molecular flexibility index (Phi) is 1.39. The van der Waals surface area contributed by atoms with Crippen molar-refractivity contribution >= 4 is 10.8 Å². The minimum atomic E-state index is 0.754. The molecule has 1 fully saturated rings. The van der Waals surface area contributed by atoms with Crippen molar-refractivity contribution in [2.75, 3.05) is 0 Å². The van der Waals surface area contributed by atoms with Crippen LogP contribution in [0.15, 0.2) is 36.5 Å². The predicted octanol–water partition coefficient (Wildman–Crippen LogP) is 3.11. The van der Waals surface area contributed by atoms with Crippen LogP contribution in [-0.4, -0.2) is 4.98 Å². The van der Waals surface area contributed by atoms with Gasteiger partial charge in [0.05, 0.1) is 0 Å². The van der Waals surface area contributed by atoms with Gasteiger partial charge in [-0.15, -0.1) is 0 Å². The third kappa shape index (κ3) is 1.21. The van der Waals surface area contributed by atoms with Crippen LogP contribution in [0.3, 0.4) is 0 Å². The van der Waals surface area contributed by atoms with Gasteiger partial charge >= 0.3 is 0 Å². The molecule has 1 heteroatoms. The summed E-state index contributed by atoms with van der Waals surface area (Å²) >= 11 is 0. The van der Waals surface area contributed by atoms with E-state index in [1.54, 1.807) is 0 Å². The first-order valence-corrected chi connectivity index (χ1v) is 4.78. The van der Waals surface area contributed by atoms with Crippen molar-refractivity contribution in [3.8, 4) is 0 Å². The number of benzene rings is 1. The number of nitrogens with zero attached hydrogens (tertiary/aromatic N) is 1. The van der Waals surface area contributed by atoms with Gasteiger partial charge in [0, 0.05) is 23.2 Å². The van der Waals surface area contributed by atoms with Gasteiger partial charge in [-0.1, -0.05) is 24.3 Å². The van der Waals surface area contributed by atoms with Gasteiger partial charge in [-0.25, -0.2) is 0 Å². The maximum Gasteiger partial charge on any atom is 0.0440 e. The highest BCUT2D eigenvalue weighted by Crippen LogP contribution is 2.39. The van der Waals surface area contributed by atoms with Gasteiger partial charge in [0.2, 0.25) is 0 Å². The molecule has 0 spiro atoms. The lowest BCUT2D eigenvalue weighted by atomic mass is 10.1. The van der Waals surface area contributed by atoms with Crippen LogP contribution in [0.2, 0.25) is 0 Å². The van der Waals surface area contributed by atoms with E-state index in [2.05, 4.69) is 35.3 Å². The lowest BCUT2D eigenvalue weighted by Gasteiger charge is -1.99. The van der Waals surface area contributed by atoms with Crippen LogP contribution >= 0.6 is 0 Å².